The first-order valence-electron chi connectivity index (χ1n) is 13.7. The van der Waals surface area contributed by atoms with E-state index >= 15 is 0 Å². The lowest BCUT2D eigenvalue weighted by Gasteiger charge is -2.34. The molecule has 4 N–H and O–H groups in total. The smallest absolute Gasteiger partial charge is 0.222 e. The van der Waals surface area contributed by atoms with E-state index in [1.54, 1.807) is 14.0 Å². The van der Waals surface area contributed by atoms with Crippen molar-refractivity contribution in [1.82, 2.24) is 29.7 Å². The summed E-state index contributed by atoms with van der Waals surface area (Å²) in [6.45, 7) is 11.8. The van der Waals surface area contributed by atoms with Crippen LogP contribution in [0, 0.1) is 0 Å². The van der Waals surface area contributed by atoms with Gasteiger partial charge in [-0.3, -0.25) is 14.6 Å². The van der Waals surface area contributed by atoms with Gasteiger partial charge in [-0.2, -0.15) is 4.98 Å². The van der Waals surface area contributed by atoms with Gasteiger partial charge >= 0.3 is 0 Å². The van der Waals surface area contributed by atoms with Crippen LogP contribution in [0.4, 0.5) is 11.8 Å². The molecule has 10 nitrogen and oxygen atoms in total. The number of benzene rings is 1. The number of hydrogen-bond donors (Lipinski definition) is 3. The van der Waals surface area contributed by atoms with Crippen molar-refractivity contribution in [2.24, 2.45) is 0 Å². The van der Waals surface area contributed by atoms with E-state index in [1.165, 1.54) is 18.4 Å². The molecule has 1 aromatic carbocycles. The molecule has 0 aliphatic carbocycles. The number of amides is 1. The maximum atomic E-state index is 11.1. The van der Waals surface area contributed by atoms with Crippen LogP contribution in [0.5, 0.6) is 5.75 Å². The Morgan fingerprint density at radius 3 is 2.58 bits per heavy atom. The molecule has 1 aliphatic heterocycles. The Balaban J connectivity index is 1.41. The van der Waals surface area contributed by atoms with Crippen molar-refractivity contribution in [3.8, 4) is 5.75 Å². The highest BCUT2D eigenvalue weighted by Crippen LogP contribution is 2.27. The second-order valence-corrected chi connectivity index (χ2v) is 9.99. The summed E-state index contributed by atoms with van der Waals surface area (Å²) in [4.78, 5) is 24.9. The highest BCUT2D eigenvalue weighted by atomic mass is 16.5. The van der Waals surface area contributed by atoms with E-state index in [1.807, 2.05) is 12.3 Å². The molecular weight excluding hydrogens is 480 g/mol. The summed E-state index contributed by atoms with van der Waals surface area (Å²) < 4.78 is 7.98. The highest BCUT2D eigenvalue weighted by Gasteiger charge is 2.18. The summed E-state index contributed by atoms with van der Waals surface area (Å²) in [5.41, 5.74) is 10.1. The van der Waals surface area contributed by atoms with Gasteiger partial charge in [-0.1, -0.05) is 31.9 Å². The monoisotopic (exact) mass is 522 g/mol. The van der Waals surface area contributed by atoms with Crippen molar-refractivity contribution in [2.75, 3.05) is 64.0 Å². The van der Waals surface area contributed by atoms with Crippen LogP contribution < -0.4 is 21.1 Å². The van der Waals surface area contributed by atoms with Crippen LogP contribution in [0.15, 0.2) is 30.5 Å². The molecule has 0 atom stereocenters. The standard InChI is InChI=1S/C28H42N8O2/c1-4-5-6-10-31-27-26-24(32-28(29)33-27)9-12-36(26)20-23-8-7-22(18-25(23)38-3)19-35-16-14-34(15-17-35)13-11-30-21(2)37/h7-9,12,18H,4-6,10-11,13-17,19-20H2,1-3H3,(H,30,37)(H3,29,31,32,33). The van der Waals surface area contributed by atoms with E-state index < -0.39 is 0 Å². The lowest BCUT2D eigenvalue weighted by atomic mass is 10.1. The molecule has 1 aliphatic rings. The Morgan fingerprint density at radius 2 is 1.84 bits per heavy atom. The van der Waals surface area contributed by atoms with Crippen LogP contribution in [0.25, 0.3) is 11.0 Å². The van der Waals surface area contributed by atoms with Gasteiger partial charge in [0.25, 0.3) is 0 Å². The minimum absolute atomic E-state index is 0.0311. The van der Waals surface area contributed by atoms with Gasteiger partial charge in [-0.05, 0) is 24.1 Å². The van der Waals surface area contributed by atoms with Crippen molar-refractivity contribution < 1.29 is 9.53 Å². The first-order valence-corrected chi connectivity index (χ1v) is 13.7. The van der Waals surface area contributed by atoms with E-state index in [4.69, 9.17) is 10.5 Å². The summed E-state index contributed by atoms with van der Waals surface area (Å²) in [5.74, 6) is 1.97. The number of carbonyl (C=O) groups is 1. The topological polar surface area (TPSA) is 114 Å². The molecule has 1 amide bonds. The molecule has 2 aromatic heterocycles. The third-order valence-electron chi connectivity index (χ3n) is 7.07. The molecule has 10 heteroatoms. The molecule has 206 valence electrons. The molecule has 0 radical (unpaired) electrons. The molecule has 0 bridgehead atoms. The first kappa shape index (κ1) is 27.7. The second kappa shape index (κ2) is 13.4. The van der Waals surface area contributed by atoms with Gasteiger partial charge in [0.1, 0.15) is 11.3 Å². The van der Waals surface area contributed by atoms with E-state index in [0.29, 0.717) is 13.1 Å². The molecule has 0 unspecified atom stereocenters. The molecule has 38 heavy (non-hydrogen) atoms. The Kier molecular flexibility index (Phi) is 9.78. The minimum Gasteiger partial charge on any atom is -0.496 e. The fourth-order valence-corrected chi connectivity index (χ4v) is 4.98. The fraction of sp³-hybridized carbons (Fsp3) is 0.536. The summed E-state index contributed by atoms with van der Waals surface area (Å²) in [7, 11) is 1.73. The van der Waals surface area contributed by atoms with Crippen molar-refractivity contribution in [3.63, 3.8) is 0 Å². The molecule has 1 fully saturated rings. The Hall–Kier alpha value is -3.37. The highest BCUT2D eigenvalue weighted by molar-refractivity contribution is 5.87. The molecule has 3 heterocycles. The molecular formula is C28H42N8O2. The second-order valence-electron chi connectivity index (χ2n) is 9.99. The van der Waals surface area contributed by atoms with Crippen LogP contribution in [-0.2, 0) is 17.9 Å². The van der Waals surface area contributed by atoms with Gasteiger partial charge in [-0.15, -0.1) is 0 Å². The van der Waals surface area contributed by atoms with Crippen molar-refractivity contribution in [1.29, 1.82) is 0 Å². The molecule has 0 spiro atoms. The van der Waals surface area contributed by atoms with Gasteiger partial charge in [0.2, 0.25) is 11.9 Å². The number of nitrogen functional groups attached to an aromatic ring is 1. The summed E-state index contributed by atoms with van der Waals surface area (Å²) in [5, 5.41) is 6.35. The molecule has 4 rings (SSSR count). The normalized spacial score (nSPS) is 14.6. The number of hydrogen-bond acceptors (Lipinski definition) is 8. The number of rotatable bonds is 13. The number of piperazine rings is 1. The number of unbranched alkanes of at least 4 members (excludes halogenated alkanes) is 2. The summed E-state index contributed by atoms with van der Waals surface area (Å²) >= 11 is 0. The quantitative estimate of drug-likeness (QED) is 0.294. The van der Waals surface area contributed by atoms with E-state index in [9.17, 15) is 4.79 Å². The Bertz CT molecular complexity index is 1200. The SMILES string of the molecule is CCCCCNc1nc(N)nc2ccn(Cc3ccc(CN4CCN(CCNC(C)=O)CC4)cc3OC)c12. The zero-order valence-corrected chi connectivity index (χ0v) is 23.0. The number of nitrogens with one attached hydrogen (secondary N) is 2. The zero-order valence-electron chi connectivity index (χ0n) is 23.0. The largest absolute Gasteiger partial charge is 0.496 e. The van der Waals surface area contributed by atoms with E-state index in [0.717, 1.165) is 80.4 Å². The number of fused-ring (bicyclic) bond motifs is 1. The number of methoxy groups -OCH3 is 1. The number of carbonyl (C=O) groups excluding carboxylic acids is 1. The lowest BCUT2D eigenvalue weighted by molar-refractivity contribution is -0.119. The van der Waals surface area contributed by atoms with Crippen LogP contribution >= 0.6 is 0 Å². The summed E-state index contributed by atoms with van der Waals surface area (Å²) in [6.07, 6.45) is 5.47. The van der Waals surface area contributed by atoms with Crippen molar-refractivity contribution >= 4 is 28.7 Å². The fourth-order valence-electron chi connectivity index (χ4n) is 4.98. The average Bonchev–Trinajstić information content (AvgIpc) is 3.30. The number of nitrogens with two attached hydrogens (primary N) is 1. The van der Waals surface area contributed by atoms with Crippen molar-refractivity contribution in [3.05, 3.63) is 41.6 Å². The first-order chi connectivity index (χ1) is 18.5. The maximum absolute atomic E-state index is 11.1. The van der Waals surface area contributed by atoms with Crippen LogP contribution in [0.2, 0.25) is 0 Å². The molecule has 0 saturated carbocycles. The minimum atomic E-state index is 0.0311. The van der Waals surface area contributed by atoms with E-state index in [-0.39, 0.29) is 11.9 Å². The number of nitrogens with zero attached hydrogens (tertiary/aromatic N) is 5. The van der Waals surface area contributed by atoms with Gasteiger partial charge in [0.15, 0.2) is 5.82 Å². The van der Waals surface area contributed by atoms with Gasteiger partial charge in [0.05, 0.1) is 19.2 Å². The predicted octanol–water partition coefficient (Wildman–Crippen LogP) is 2.93. The third-order valence-corrected chi connectivity index (χ3v) is 7.07. The van der Waals surface area contributed by atoms with Gasteiger partial charge in [-0.25, -0.2) is 4.98 Å². The van der Waals surface area contributed by atoms with E-state index in [2.05, 4.69) is 60.1 Å². The zero-order chi connectivity index (χ0) is 26.9. The third kappa shape index (κ3) is 7.35. The van der Waals surface area contributed by atoms with Crippen LogP contribution in [0.1, 0.15) is 44.2 Å². The average molecular weight is 523 g/mol. The van der Waals surface area contributed by atoms with Crippen molar-refractivity contribution in [2.45, 2.75) is 46.2 Å². The number of ether oxygens (including phenoxy) is 1. The van der Waals surface area contributed by atoms with Crippen LogP contribution in [0.3, 0.4) is 0 Å². The van der Waals surface area contributed by atoms with Crippen LogP contribution in [-0.4, -0.2) is 83.2 Å². The molecule has 1 saturated heterocycles. The lowest BCUT2D eigenvalue weighted by Crippen LogP contribution is -2.47. The van der Waals surface area contributed by atoms with Gasteiger partial charge < -0.3 is 25.7 Å². The number of anilines is 2. The Labute approximate surface area is 225 Å². The maximum Gasteiger partial charge on any atom is 0.222 e. The van der Waals surface area contributed by atoms with Gasteiger partial charge in [0, 0.05) is 71.0 Å². The Morgan fingerprint density at radius 1 is 1.05 bits per heavy atom. The predicted molar refractivity (Wildman–Crippen MR) is 152 cm³/mol. The number of aromatic nitrogens is 3. The summed E-state index contributed by atoms with van der Waals surface area (Å²) in [6, 6.07) is 8.51. The molecule has 3 aromatic rings.